The molecule has 2 amide bonds. The van der Waals surface area contributed by atoms with Crippen LogP contribution in [-0.2, 0) is 4.79 Å². The van der Waals surface area contributed by atoms with Crippen LogP contribution < -0.4 is 9.64 Å². The number of nitrogens with zero attached hydrogens (tertiary/aromatic N) is 4. The average Bonchev–Trinajstić information content (AvgIpc) is 2.81. The van der Waals surface area contributed by atoms with E-state index in [2.05, 4.69) is 6.07 Å². The largest absolute Gasteiger partial charge is 0.494 e. The number of anilines is 1. The van der Waals surface area contributed by atoms with Gasteiger partial charge in [0.15, 0.2) is 0 Å². The first-order valence-corrected chi connectivity index (χ1v) is 10.7. The number of benzene rings is 2. The van der Waals surface area contributed by atoms with Crippen molar-refractivity contribution in [3.05, 3.63) is 59.9 Å². The van der Waals surface area contributed by atoms with Crippen LogP contribution in [0.2, 0.25) is 0 Å². The van der Waals surface area contributed by atoms with Gasteiger partial charge in [-0.2, -0.15) is 5.26 Å². The molecule has 0 radical (unpaired) electrons. The van der Waals surface area contributed by atoms with Crippen LogP contribution in [0.1, 0.15) is 23.7 Å². The van der Waals surface area contributed by atoms with Gasteiger partial charge in [0.25, 0.3) is 5.91 Å². The molecule has 1 saturated heterocycles. The van der Waals surface area contributed by atoms with Crippen LogP contribution in [0.15, 0.2) is 48.5 Å². The molecule has 1 aliphatic heterocycles. The third kappa shape index (κ3) is 5.83. The van der Waals surface area contributed by atoms with E-state index < -0.39 is 5.82 Å². The molecule has 0 spiro atoms. The number of carbonyl (C=O) groups excluding carboxylic acids is 2. The number of piperazine rings is 1. The second-order valence-corrected chi connectivity index (χ2v) is 7.43. The van der Waals surface area contributed by atoms with Crippen LogP contribution >= 0.6 is 0 Å². The van der Waals surface area contributed by atoms with E-state index in [1.54, 1.807) is 34.1 Å². The first kappa shape index (κ1) is 23.2. The molecule has 2 aromatic carbocycles. The van der Waals surface area contributed by atoms with Crippen LogP contribution in [0.4, 0.5) is 10.1 Å². The van der Waals surface area contributed by atoms with Crippen molar-refractivity contribution in [2.75, 3.05) is 50.8 Å². The van der Waals surface area contributed by atoms with Crippen molar-refractivity contribution in [1.29, 1.82) is 5.26 Å². The van der Waals surface area contributed by atoms with Gasteiger partial charge in [0.2, 0.25) is 5.91 Å². The summed E-state index contributed by atoms with van der Waals surface area (Å²) in [5.41, 5.74) is 0.775. The molecule has 168 valence electrons. The van der Waals surface area contributed by atoms with Crippen LogP contribution in [0, 0.1) is 17.1 Å². The van der Waals surface area contributed by atoms with E-state index in [0.29, 0.717) is 45.0 Å². The molecule has 2 aromatic rings. The number of hydrogen-bond acceptors (Lipinski definition) is 5. The maximum atomic E-state index is 13.9. The highest BCUT2D eigenvalue weighted by Crippen LogP contribution is 2.21. The number of hydrogen-bond donors (Lipinski definition) is 0. The zero-order chi connectivity index (χ0) is 22.9. The average molecular weight is 439 g/mol. The maximum absolute atomic E-state index is 13.9. The zero-order valence-corrected chi connectivity index (χ0v) is 18.2. The Morgan fingerprint density at radius 2 is 1.78 bits per heavy atom. The molecule has 0 atom stereocenters. The topological polar surface area (TPSA) is 76.9 Å². The third-order valence-corrected chi connectivity index (χ3v) is 5.33. The Hall–Kier alpha value is -3.44. The Bertz CT molecular complexity index is 966. The zero-order valence-electron chi connectivity index (χ0n) is 18.2. The molecular weight excluding hydrogens is 411 g/mol. The van der Waals surface area contributed by atoms with Gasteiger partial charge in [0, 0.05) is 38.4 Å². The number of rotatable bonds is 8. The standard InChI is InChI=1S/C24H27FN4O3/c1-2-32-20-10-8-19(9-11-20)29(13-5-12-26)23(30)18-27-14-16-28(17-15-27)24(31)21-6-3-4-7-22(21)25/h3-4,6-11H,2,5,13-18H2,1H3. The lowest BCUT2D eigenvalue weighted by Crippen LogP contribution is -2.51. The smallest absolute Gasteiger partial charge is 0.256 e. The van der Waals surface area contributed by atoms with Crippen LogP contribution in [0.5, 0.6) is 5.75 Å². The summed E-state index contributed by atoms with van der Waals surface area (Å²) in [5.74, 6) is -0.254. The highest BCUT2D eigenvalue weighted by molar-refractivity contribution is 5.95. The van der Waals surface area contributed by atoms with Crippen LogP contribution in [-0.4, -0.2) is 67.5 Å². The first-order chi connectivity index (χ1) is 15.5. The van der Waals surface area contributed by atoms with Gasteiger partial charge in [-0.1, -0.05) is 12.1 Å². The Labute approximate surface area is 187 Å². The van der Waals surface area contributed by atoms with E-state index in [0.717, 1.165) is 5.75 Å². The Balaban J connectivity index is 1.59. The Morgan fingerprint density at radius 1 is 1.09 bits per heavy atom. The lowest BCUT2D eigenvalue weighted by atomic mass is 10.1. The van der Waals surface area contributed by atoms with E-state index in [4.69, 9.17) is 10.00 Å². The van der Waals surface area contributed by atoms with Crippen LogP contribution in [0.25, 0.3) is 0 Å². The Kier molecular flexibility index (Phi) is 8.17. The van der Waals surface area contributed by atoms with Crippen molar-refractivity contribution in [2.45, 2.75) is 13.3 Å². The number of nitriles is 1. The van der Waals surface area contributed by atoms with Crippen molar-refractivity contribution in [3.8, 4) is 11.8 Å². The summed E-state index contributed by atoms with van der Waals surface area (Å²) in [6.07, 6.45) is 0.226. The number of halogens is 1. The molecule has 0 N–H and O–H groups in total. The van der Waals surface area contributed by atoms with E-state index in [9.17, 15) is 14.0 Å². The van der Waals surface area contributed by atoms with Crippen molar-refractivity contribution in [2.24, 2.45) is 0 Å². The van der Waals surface area contributed by atoms with Crippen molar-refractivity contribution in [3.63, 3.8) is 0 Å². The summed E-state index contributed by atoms with van der Waals surface area (Å²) in [5, 5.41) is 8.99. The lowest BCUT2D eigenvalue weighted by Gasteiger charge is -2.35. The monoisotopic (exact) mass is 438 g/mol. The van der Waals surface area contributed by atoms with Gasteiger partial charge < -0.3 is 14.5 Å². The quantitative estimate of drug-likeness (QED) is 0.633. The number of carbonyl (C=O) groups is 2. The van der Waals surface area contributed by atoms with E-state index in [1.165, 1.54) is 12.1 Å². The Morgan fingerprint density at radius 3 is 2.41 bits per heavy atom. The maximum Gasteiger partial charge on any atom is 0.256 e. The molecule has 0 saturated carbocycles. The minimum absolute atomic E-state index is 0.0650. The molecular formula is C24H27FN4O3. The molecule has 7 nitrogen and oxygen atoms in total. The fraction of sp³-hybridized carbons (Fsp3) is 0.375. The molecule has 3 rings (SSSR count). The predicted molar refractivity (Wildman–Crippen MR) is 119 cm³/mol. The van der Waals surface area contributed by atoms with Crippen molar-refractivity contribution >= 4 is 17.5 Å². The van der Waals surface area contributed by atoms with Crippen molar-refractivity contribution in [1.82, 2.24) is 9.80 Å². The molecule has 0 bridgehead atoms. The van der Waals surface area contributed by atoms with Crippen LogP contribution in [0.3, 0.4) is 0 Å². The molecule has 1 heterocycles. The second-order valence-electron chi connectivity index (χ2n) is 7.43. The molecule has 32 heavy (non-hydrogen) atoms. The normalized spacial score (nSPS) is 14.0. The highest BCUT2D eigenvalue weighted by atomic mass is 19.1. The molecule has 0 aliphatic carbocycles. The summed E-state index contributed by atoms with van der Waals surface area (Å²) in [4.78, 5) is 30.8. The SMILES string of the molecule is CCOc1ccc(N(CCC#N)C(=O)CN2CCN(C(=O)c3ccccc3F)CC2)cc1. The molecule has 1 aliphatic rings. The molecule has 8 heteroatoms. The van der Waals surface area contributed by atoms with Gasteiger partial charge in [-0.25, -0.2) is 4.39 Å². The fourth-order valence-electron chi connectivity index (χ4n) is 3.64. The molecule has 0 aromatic heterocycles. The molecule has 0 unspecified atom stereocenters. The summed E-state index contributed by atoms with van der Waals surface area (Å²) in [6, 6.07) is 15.3. The predicted octanol–water partition coefficient (Wildman–Crippen LogP) is 2.93. The minimum atomic E-state index is -0.529. The second kappa shape index (κ2) is 11.3. The van der Waals surface area contributed by atoms with E-state index >= 15 is 0 Å². The lowest BCUT2D eigenvalue weighted by molar-refractivity contribution is -0.120. The van der Waals surface area contributed by atoms with E-state index in [-0.39, 0.29) is 30.3 Å². The fourth-order valence-corrected chi connectivity index (χ4v) is 3.64. The van der Waals surface area contributed by atoms with Gasteiger partial charge in [0.05, 0.1) is 31.2 Å². The number of amides is 2. The van der Waals surface area contributed by atoms with E-state index in [1.807, 2.05) is 24.0 Å². The summed E-state index contributed by atoms with van der Waals surface area (Å²) < 4.78 is 19.4. The van der Waals surface area contributed by atoms with Gasteiger partial charge in [-0.15, -0.1) is 0 Å². The summed E-state index contributed by atoms with van der Waals surface area (Å²) in [6.45, 7) is 4.81. The number of ether oxygens (including phenoxy) is 1. The van der Waals surface area contributed by atoms with Gasteiger partial charge in [0.1, 0.15) is 11.6 Å². The summed E-state index contributed by atoms with van der Waals surface area (Å²) >= 11 is 0. The summed E-state index contributed by atoms with van der Waals surface area (Å²) in [7, 11) is 0. The van der Waals surface area contributed by atoms with Gasteiger partial charge in [-0.05, 0) is 43.3 Å². The first-order valence-electron chi connectivity index (χ1n) is 10.7. The third-order valence-electron chi connectivity index (χ3n) is 5.33. The van der Waals surface area contributed by atoms with Gasteiger partial charge >= 0.3 is 0 Å². The van der Waals surface area contributed by atoms with Crippen molar-refractivity contribution < 1.29 is 18.7 Å². The minimum Gasteiger partial charge on any atom is -0.494 e. The molecule has 1 fully saturated rings. The highest BCUT2D eigenvalue weighted by Gasteiger charge is 2.26. The van der Waals surface area contributed by atoms with Gasteiger partial charge in [-0.3, -0.25) is 14.5 Å².